The third-order valence-electron chi connectivity index (χ3n) is 2.83. The van der Waals surface area contributed by atoms with Gasteiger partial charge in [0.05, 0.1) is 0 Å². The lowest BCUT2D eigenvalue weighted by atomic mass is 10.1. The Balaban J connectivity index is 2.46. The second kappa shape index (κ2) is 7.84. The normalized spacial score (nSPS) is 23.6. The lowest BCUT2D eigenvalue weighted by Gasteiger charge is -2.16. The van der Waals surface area contributed by atoms with Crippen molar-refractivity contribution < 1.29 is 29.4 Å². The first-order valence-corrected chi connectivity index (χ1v) is 7.35. The number of carbonyl (C=O) groups is 4. The van der Waals surface area contributed by atoms with E-state index in [0.717, 1.165) is 0 Å². The Labute approximate surface area is 124 Å². The van der Waals surface area contributed by atoms with Gasteiger partial charge in [0.15, 0.2) is 0 Å². The molecule has 10 heteroatoms. The molecule has 1 heterocycles. The van der Waals surface area contributed by atoms with Gasteiger partial charge in [0.25, 0.3) is 0 Å². The van der Waals surface area contributed by atoms with Crippen molar-refractivity contribution in [2.45, 2.75) is 31.0 Å². The fourth-order valence-corrected chi connectivity index (χ4v) is 2.68. The van der Waals surface area contributed by atoms with Gasteiger partial charge in [-0.2, -0.15) is 11.8 Å². The average molecular weight is 319 g/mol. The first-order chi connectivity index (χ1) is 9.81. The van der Waals surface area contributed by atoms with Crippen molar-refractivity contribution in [3.05, 3.63) is 0 Å². The summed E-state index contributed by atoms with van der Waals surface area (Å²) >= 11 is 1.24. The summed E-state index contributed by atoms with van der Waals surface area (Å²) < 4.78 is 0. The van der Waals surface area contributed by atoms with E-state index in [4.69, 9.17) is 15.9 Å². The molecule has 1 rings (SSSR count). The summed E-state index contributed by atoms with van der Waals surface area (Å²) in [5.74, 6) is -2.92. The molecule has 3 atom stereocenters. The highest BCUT2D eigenvalue weighted by Crippen LogP contribution is 2.11. The maximum Gasteiger partial charge on any atom is 0.327 e. The monoisotopic (exact) mass is 319 g/mol. The number of amides is 2. The molecule has 1 fully saturated rings. The minimum absolute atomic E-state index is 0.0413. The predicted octanol–water partition coefficient (Wildman–Crippen LogP) is -2.02. The zero-order chi connectivity index (χ0) is 16.0. The fraction of sp³-hybridized carbons (Fsp3) is 0.636. The van der Waals surface area contributed by atoms with Gasteiger partial charge in [-0.3, -0.25) is 14.4 Å². The van der Waals surface area contributed by atoms with Gasteiger partial charge in [0.2, 0.25) is 11.8 Å². The van der Waals surface area contributed by atoms with E-state index in [1.54, 1.807) is 0 Å². The van der Waals surface area contributed by atoms with Crippen LogP contribution in [0.3, 0.4) is 0 Å². The second-order valence-electron chi connectivity index (χ2n) is 4.54. The molecule has 21 heavy (non-hydrogen) atoms. The van der Waals surface area contributed by atoms with Gasteiger partial charge in [-0.25, -0.2) is 4.79 Å². The standard InChI is InChI=1S/C11H17N3O6S/c12-5(10(17)18)1-2-8(15)13-6-3-21-4-7(11(19)20)14-9(6)16/h5-7H,1-4,12H2,(H,13,15)(H,14,16)(H,17,18)(H,19,20)/t5-,6-,7?/m0/s1. The first-order valence-electron chi connectivity index (χ1n) is 6.20. The average Bonchev–Trinajstić information content (AvgIpc) is 2.58. The number of aliphatic carboxylic acids is 2. The molecule has 118 valence electrons. The summed E-state index contributed by atoms with van der Waals surface area (Å²) in [4.78, 5) is 44.8. The number of rotatable bonds is 6. The van der Waals surface area contributed by atoms with Gasteiger partial charge >= 0.3 is 11.9 Å². The minimum atomic E-state index is -1.20. The Bertz CT molecular complexity index is 444. The number of nitrogens with two attached hydrogens (primary N) is 1. The maximum atomic E-state index is 11.8. The molecule has 0 spiro atoms. The molecule has 0 radical (unpaired) electrons. The Hall–Kier alpha value is -1.81. The molecule has 9 nitrogen and oxygen atoms in total. The number of nitrogens with one attached hydrogen (secondary N) is 2. The summed E-state index contributed by atoms with van der Waals surface area (Å²) in [6.07, 6.45) is -0.162. The summed E-state index contributed by atoms with van der Waals surface area (Å²) in [5.41, 5.74) is 5.27. The lowest BCUT2D eigenvalue weighted by Crippen LogP contribution is -2.51. The highest BCUT2D eigenvalue weighted by Gasteiger charge is 2.30. The number of hydrogen-bond acceptors (Lipinski definition) is 6. The summed E-state index contributed by atoms with van der Waals surface area (Å²) in [6, 6.07) is -2.96. The number of carboxylic acids is 2. The summed E-state index contributed by atoms with van der Waals surface area (Å²) in [6.45, 7) is 0. The van der Waals surface area contributed by atoms with Gasteiger partial charge in [-0.05, 0) is 6.42 Å². The molecule has 1 unspecified atom stereocenters. The predicted molar refractivity (Wildman–Crippen MR) is 73.7 cm³/mol. The van der Waals surface area contributed by atoms with E-state index >= 15 is 0 Å². The molecule has 0 aromatic heterocycles. The maximum absolute atomic E-state index is 11.8. The van der Waals surface area contributed by atoms with E-state index in [2.05, 4.69) is 10.6 Å². The summed E-state index contributed by atoms with van der Waals surface area (Å²) in [7, 11) is 0. The molecule has 1 saturated heterocycles. The number of carbonyl (C=O) groups excluding carboxylic acids is 2. The number of carboxylic acid groups (broad SMARTS) is 2. The van der Waals surface area contributed by atoms with Crippen LogP contribution in [0.2, 0.25) is 0 Å². The van der Waals surface area contributed by atoms with E-state index in [1.165, 1.54) is 11.8 Å². The molecule has 1 aliphatic rings. The number of hydrogen-bond donors (Lipinski definition) is 5. The van der Waals surface area contributed by atoms with Crippen LogP contribution in [0.4, 0.5) is 0 Å². The third kappa shape index (κ3) is 5.60. The Kier molecular flexibility index (Phi) is 6.43. The van der Waals surface area contributed by atoms with E-state index in [9.17, 15) is 19.2 Å². The molecule has 2 amide bonds. The molecule has 0 aliphatic carbocycles. The van der Waals surface area contributed by atoms with Crippen molar-refractivity contribution in [2.75, 3.05) is 11.5 Å². The van der Waals surface area contributed by atoms with Crippen LogP contribution in [-0.2, 0) is 19.2 Å². The molecule has 0 aromatic carbocycles. The van der Waals surface area contributed by atoms with Crippen molar-refractivity contribution in [3.63, 3.8) is 0 Å². The molecule has 1 aliphatic heterocycles. The van der Waals surface area contributed by atoms with Crippen molar-refractivity contribution in [1.82, 2.24) is 10.6 Å². The SMILES string of the molecule is N[C@@H](CCC(=O)N[C@H]1CSCC(C(=O)O)NC1=O)C(=O)O. The summed E-state index contributed by atoms with van der Waals surface area (Å²) in [5, 5.41) is 22.2. The highest BCUT2D eigenvalue weighted by molar-refractivity contribution is 7.99. The van der Waals surface area contributed by atoms with Gasteiger partial charge in [0.1, 0.15) is 18.1 Å². The van der Waals surface area contributed by atoms with Crippen molar-refractivity contribution in [2.24, 2.45) is 5.73 Å². The molecular weight excluding hydrogens is 302 g/mol. The van der Waals surface area contributed by atoms with E-state index < -0.39 is 41.9 Å². The molecule has 0 bridgehead atoms. The minimum Gasteiger partial charge on any atom is -0.480 e. The van der Waals surface area contributed by atoms with Gasteiger partial charge in [-0.15, -0.1) is 0 Å². The first kappa shape index (κ1) is 17.2. The van der Waals surface area contributed by atoms with Crippen LogP contribution in [0.25, 0.3) is 0 Å². The quantitative estimate of drug-likeness (QED) is 0.375. The van der Waals surface area contributed by atoms with Gasteiger partial charge in [0, 0.05) is 17.9 Å². The van der Waals surface area contributed by atoms with Crippen LogP contribution in [0.1, 0.15) is 12.8 Å². The van der Waals surface area contributed by atoms with Crippen molar-refractivity contribution >= 4 is 35.5 Å². The van der Waals surface area contributed by atoms with E-state index in [-0.39, 0.29) is 24.3 Å². The van der Waals surface area contributed by atoms with Gasteiger partial charge < -0.3 is 26.6 Å². The fourth-order valence-electron chi connectivity index (χ4n) is 1.61. The van der Waals surface area contributed by atoms with Crippen LogP contribution in [0, 0.1) is 0 Å². The molecule has 6 N–H and O–H groups in total. The topological polar surface area (TPSA) is 159 Å². The molecule has 0 saturated carbocycles. The van der Waals surface area contributed by atoms with Crippen molar-refractivity contribution in [3.8, 4) is 0 Å². The number of thioether (sulfide) groups is 1. The van der Waals surface area contributed by atoms with Crippen LogP contribution in [0.5, 0.6) is 0 Å². The Morgan fingerprint density at radius 1 is 1.38 bits per heavy atom. The van der Waals surface area contributed by atoms with Crippen molar-refractivity contribution in [1.29, 1.82) is 0 Å². The van der Waals surface area contributed by atoms with Crippen LogP contribution in [-0.4, -0.2) is 63.6 Å². The van der Waals surface area contributed by atoms with E-state index in [0.29, 0.717) is 0 Å². The zero-order valence-electron chi connectivity index (χ0n) is 11.1. The van der Waals surface area contributed by atoms with Crippen LogP contribution >= 0.6 is 11.8 Å². The largest absolute Gasteiger partial charge is 0.480 e. The zero-order valence-corrected chi connectivity index (χ0v) is 11.9. The smallest absolute Gasteiger partial charge is 0.327 e. The van der Waals surface area contributed by atoms with Crippen LogP contribution in [0.15, 0.2) is 0 Å². The highest BCUT2D eigenvalue weighted by atomic mass is 32.2. The second-order valence-corrected chi connectivity index (χ2v) is 5.62. The molecule has 0 aromatic rings. The molecular formula is C11H17N3O6S. The Morgan fingerprint density at radius 3 is 2.62 bits per heavy atom. The van der Waals surface area contributed by atoms with E-state index in [1.807, 2.05) is 0 Å². The van der Waals surface area contributed by atoms with Crippen LogP contribution < -0.4 is 16.4 Å². The Morgan fingerprint density at radius 2 is 2.05 bits per heavy atom. The third-order valence-corrected chi connectivity index (χ3v) is 3.97. The van der Waals surface area contributed by atoms with Gasteiger partial charge in [-0.1, -0.05) is 0 Å². The lowest BCUT2D eigenvalue weighted by molar-refractivity contribution is -0.141.